The quantitative estimate of drug-likeness (QED) is 0.580. The lowest BCUT2D eigenvalue weighted by molar-refractivity contribution is -0.146. The summed E-state index contributed by atoms with van der Waals surface area (Å²) >= 11 is 1.26. The number of hydrogen-bond acceptors (Lipinski definition) is 6. The first-order valence-corrected chi connectivity index (χ1v) is 11.4. The van der Waals surface area contributed by atoms with Crippen LogP contribution in [0.3, 0.4) is 0 Å². The van der Waals surface area contributed by atoms with E-state index in [1.54, 1.807) is 5.38 Å². The molecule has 8 nitrogen and oxygen atoms in total. The Morgan fingerprint density at radius 2 is 1.70 bits per heavy atom. The molecular formula is C24H21N3O5S. The fourth-order valence-corrected chi connectivity index (χ4v) is 4.96. The van der Waals surface area contributed by atoms with Crippen LogP contribution in [0.4, 0.5) is 4.79 Å². The maximum atomic E-state index is 12.4. The van der Waals surface area contributed by atoms with Crippen LogP contribution in [0.1, 0.15) is 32.5 Å². The van der Waals surface area contributed by atoms with Crippen LogP contribution < -0.4 is 5.32 Å². The predicted octanol–water partition coefficient (Wildman–Crippen LogP) is 3.34. The van der Waals surface area contributed by atoms with Gasteiger partial charge in [0.2, 0.25) is 0 Å². The molecule has 0 unspecified atom stereocenters. The smallest absolute Gasteiger partial charge is 0.407 e. The van der Waals surface area contributed by atoms with Crippen molar-refractivity contribution >= 4 is 29.3 Å². The Morgan fingerprint density at radius 1 is 1.06 bits per heavy atom. The minimum Gasteiger partial charge on any atom is -0.481 e. The molecule has 1 saturated heterocycles. The van der Waals surface area contributed by atoms with Crippen LogP contribution in [0, 0.1) is 5.92 Å². The van der Waals surface area contributed by atoms with Crippen LogP contribution >= 0.6 is 11.3 Å². The van der Waals surface area contributed by atoms with E-state index in [0.29, 0.717) is 5.01 Å². The highest BCUT2D eigenvalue weighted by Gasteiger charge is 2.36. The molecule has 2 aromatic carbocycles. The van der Waals surface area contributed by atoms with Crippen molar-refractivity contribution in [1.82, 2.24) is 15.2 Å². The lowest BCUT2D eigenvalue weighted by Crippen LogP contribution is -2.53. The predicted molar refractivity (Wildman–Crippen MR) is 121 cm³/mol. The highest BCUT2D eigenvalue weighted by Crippen LogP contribution is 2.44. The van der Waals surface area contributed by atoms with Crippen molar-refractivity contribution in [2.24, 2.45) is 5.92 Å². The number of fused-ring (bicyclic) bond motifs is 3. The molecule has 1 aromatic heterocycles. The highest BCUT2D eigenvalue weighted by molar-refractivity contribution is 7.09. The van der Waals surface area contributed by atoms with Gasteiger partial charge in [-0.15, -0.1) is 11.3 Å². The number of rotatable bonds is 6. The maximum absolute atomic E-state index is 12.4. The van der Waals surface area contributed by atoms with Crippen molar-refractivity contribution < 1.29 is 24.2 Å². The molecule has 2 aliphatic rings. The number of benzene rings is 2. The summed E-state index contributed by atoms with van der Waals surface area (Å²) in [4.78, 5) is 41.3. The van der Waals surface area contributed by atoms with E-state index in [-0.39, 0.29) is 43.8 Å². The van der Waals surface area contributed by atoms with Crippen molar-refractivity contribution in [3.8, 4) is 11.1 Å². The van der Waals surface area contributed by atoms with E-state index in [0.717, 1.165) is 11.1 Å². The number of nitrogens with zero attached hydrogens (tertiary/aromatic N) is 2. The van der Waals surface area contributed by atoms with Crippen LogP contribution in [0.25, 0.3) is 11.1 Å². The first-order chi connectivity index (χ1) is 16.0. The van der Waals surface area contributed by atoms with Gasteiger partial charge in [0, 0.05) is 24.4 Å². The molecule has 168 valence electrons. The third-order valence-corrected chi connectivity index (χ3v) is 6.87. The van der Waals surface area contributed by atoms with Crippen LogP contribution in [0.15, 0.2) is 53.9 Å². The maximum Gasteiger partial charge on any atom is 0.407 e. The van der Waals surface area contributed by atoms with Crippen LogP contribution in [-0.4, -0.2) is 52.7 Å². The Morgan fingerprint density at radius 3 is 2.33 bits per heavy atom. The van der Waals surface area contributed by atoms with Crippen LogP contribution in [0.5, 0.6) is 0 Å². The van der Waals surface area contributed by atoms with Gasteiger partial charge in [0.1, 0.15) is 17.3 Å². The molecule has 0 spiro atoms. The largest absolute Gasteiger partial charge is 0.481 e. The number of likely N-dealkylation sites (tertiary alicyclic amines) is 1. The zero-order valence-corrected chi connectivity index (χ0v) is 18.4. The molecule has 0 atom stereocenters. The number of carbonyl (C=O) groups excluding carboxylic acids is 2. The summed E-state index contributed by atoms with van der Waals surface area (Å²) in [5.74, 6) is -1.72. The summed E-state index contributed by atoms with van der Waals surface area (Å²) in [6.45, 7) is 0.756. The second-order valence-electron chi connectivity index (χ2n) is 8.05. The standard InChI is InChI=1S/C24H21N3O5S/c28-22(27-10-14(11-27)23(29)30)20-13-33-21(26-20)9-25-24(31)32-12-19-17-7-3-1-5-15(17)16-6-2-4-8-18(16)19/h1-8,13-14,19H,9-12H2,(H,25,31)(H,29,30). The first-order valence-electron chi connectivity index (χ1n) is 10.6. The summed E-state index contributed by atoms with van der Waals surface area (Å²) in [6.07, 6.45) is -0.549. The molecule has 3 aromatic rings. The number of hydrogen-bond donors (Lipinski definition) is 2. The molecule has 1 aliphatic carbocycles. The first kappa shape index (κ1) is 21.1. The van der Waals surface area contributed by atoms with Crippen molar-refractivity contribution in [2.75, 3.05) is 19.7 Å². The lowest BCUT2D eigenvalue weighted by atomic mass is 9.98. The summed E-state index contributed by atoms with van der Waals surface area (Å²) in [5.41, 5.74) is 4.88. The normalized spacial score (nSPS) is 14.8. The molecule has 9 heteroatoms. The van der Waals surface area contributed by atoms with Gasteiger partial charge in [-0.25, -0.2) is 9.78 Å². The average Bonchev–Trinajstić information content (AvgIpc) is 3.38. The van der Waals surface area contributed by atoms with E-state index < -0.39 is 18.0 Å². The van der Waals surface area contributed by atoms with Gasteiger partial charge < -0.3 is 20.1 Å². The number of ether oxygens (including phenoxy) is 1. The van der Waals surface area contributed by atoms with E-state index in [1.165, 1.54) is 27.4 Å². The van der Waals surface area contributed by atoms with Gasteiger partial charge in [-0.3, -0.25) is 9.59 Å². The van der Waals surface area contributed by atoms with Gasteiger partial charge in [0.25, 0.3) is 5.91 Å². The number of carboxylic acid groups (broad SMARTS) is 1. The monoisotopic (exact) mass is 463 g/mol. The van der Waals surface area contributed by atoms with Gasteiger partial charge in [-0.05, 0) is 22.3 Å². The Labute approximate surface area is 193 Å². The van der Waals surface area contributed by atoms with E-state index in [4.69, 9.17) is 9.84 Å². The minimum absolute atomic E-state index is 0.0154. The van der Waals surface area contributed by atoms with E-state index in [1.807, 2.05) is 24.3 Å². The number of aromatic nitrogens is 1. The molecule has 0 bridgehead atoms. The third kappa shape index (κ3) is 4.07. The van der Waals surface area contributed by atoms with Gasteiger partial charge >= 0.3 is 12.1 Å². The van der Waals surface area contributed by atoms with Crippen LogP contribution in [0.2, 0.25) is 0 Å². The summed E-state index contributed by atoms with van der Waals surface area (Å²) in [7, 11) is 0. The van der Waals surface area contributed by atoms with Gasteiger partial charge in [0.15, 0.2) is 0 Å². The summed E-state index contributed by atoms with van der Waals surface area (Å²) in [6, 6.07) is 16.3. The second kappa shape index (κ2) is 8.67. The topological polar surface area (TPSA) is 109 Å². The van der Waals surface area contributed by atoms with E-state index >= 15 is 0 Å². The second-order valence-corrected chi connectivity index (χ2v) is 8.99. The molecule has 1 fully saturated rings. The fraction of sp³-hybridized carbons (Fsp3) is 0.250. The third-order valence-electron chi connectivity index (χ3n) is 6.02. The van der Waals surface area contributed by atoms with E-state index in [9.17, 15) is 14.4 Å². The molecule has 1 aliphatic heterocycles. The Bertz CT molecular complexity index is 1190. The summed E-state index contributed by atoms with van der Waals surface area (Å²) < 4.78 is 5.51. The van der Waals surface area contributed by atoms with Crippen molar-refractivity contribution in [1.29, 1.82) is 0 Å². The van der Waals surface area contributed by atoms with Gasteiger partial charge in [-0.1, -0.05) is 48.5 Å². The molecule has 2 N–H and O–H groups in total. The molecule has 33 heavy (non-hydrogen) atoms. The molecule has 2 heterocycles. The number of thiazole rings is 1. The molecule has 2 amide bonds. The number of nitrogens with one attached hydrogen (secondary N) is 1. The Balaban J connectivity index is 1.14. The molecular weight excluding hydrogens is 442 g/mol. The van der Waals surface area contributed by atoms with Gasteiger partial charge in [0.05, 0.1) is 12.5 Å². The minimum atomic E-state index is -0.898. The van der Waals surface area contributed by atoms with Crippen molar-refractivity contribution in [3.05, 3.63) is 75.7 Å². The zero-order chi connectivity index (χ0) is 22.9. The van der Waals surface area contributed by atoms with E-state index in [2.05, 4.69) is 34.6 Å². The Hall–Kier alpha value is -3.72. The number of amides is 2. The SMILES string of the molecule is O=C(NCc1nc(C(=O)N2CC(C(=O)O)C2)cs1)OCC1c2ccccc2-c2ccccc21. The highest BCUT2D eigenvalue weighted by atomic mass is 32.1. The van der Waals surface area contributed by atoms with Crippen LogP contribution in [-0.2, 0) is 16.1 Å². The zero-order valence-electron chi connectivity index (χ0n) is 17.6. The van der Waals surface area contributed by atoms with Crippen molar-refractivity contribution in [2.45, 2.75) is 12.5 Å². The Kier molecular flexibility index (Phi) is 5.55. The number of aliphatic carboxylic acids is 1. The number of carboxylic acids is 1. The molecule has 0 radical (unpaired) electrons. The average molecular weight is 464 g/mol. The lowest BCUT2D eigenvalue weighted by Gasteiger charge is -2.36. The van der Waals surface area contributed by atoms with Gasteiger partial charge in [-0.2, -0.15) is 0 Å². The fourth-order valence-electron chi connectivity index (χ4n) is 4.25. The molecule has 0 saturated carbocycles. The summed E-state index contributed by atoms with van der Waals surface area (Å²) in [5, 5.41) is 13.8. The number of carbonyl (C=O) groups is 3. The molecule has 5 rings (SSSR count). The number of alkyl carbamates (subject to hydrolysis) is 1. The van der Waals surface area contributed by atoms with Crippen molar-refractivity contribution in [3.63, 3.8) is 0 Å².